The number of halogens is 1. The second-order valence-electron chi connectivity index (χ2n) is 6.94. The number of imide groups is 1. The smallest absolute Gasteiger partial charge is 0.425 e. The normalized spacial score (nSPS) is 11.8. The van der Waals surface area contributed by atoms with Crippen LogP contribution in [-0.2, 0) is 9.47 Å². The van der Waals surface area contributed by atoms with Crippen molar-refractivity contribution in [2.24, 2.45) is 0 Å². The number of hydrogen-bond donors (Lipinski definition) is 0. The number of carbonyl (C=O) groups excluding carboxylic acids is 2. The van der Waals surface area contributed by atoms with Crippen LogP contribution in [0.1, 0.15) is 47.1 Å². The molecule has 0 aliphatic rings. The largest absolute Gasteiger partial charge is 0.443 e. The van der Waals surface area contributed by atoms with Crippen LogP contribution in [0, 0.1) is 6.92 Å². The highest BCUT2D eigenvalue weighted by molar-refractivity contribution is 9.10. The lowest BCUT2D eigenvalue weighted by Crippen LogP contribution is -2.44. The van der Waals surface area contributed by atoms with Crippen LogP contribution in [0.15, 0.2) is 10.7 Å². The van der Waals surface area contributed by atoms with E-state index in [-0.39, 0.29) is 5.82 Å². The summed E-state index contributed by atoms with van der Waals surface area (Å²) in [4.78, 5) is 25.7. The van der Waals surface area contributed by atoms with Gasteiger partial charge in [-0.1, -0.05) is 0 Å². The van der Waals surface area contributed by atoms with Gasteiger partial charge in [0.1, 0.15) is 11.2 Å². The van der Waals surface area contributed by atoms with Crippen molar-refractivity contribution in [1.29, 1.82) is 0 Å². The Morgan fingerprint density at radius 3 is 1.87 bits per heavy atom. The number of aromatic nitrogens is 2. The number of hydrogen-bond acceptors (Lipinski definition) is 6. The maximum absolute atomic E-state index is 12.5. The lowest BCUT2D eigenvalue weighted by Gasteiger charge is -2.28. The van der Waals surface area contributed by atoms with E-state index in [0.717, 1.165) is 4.90 Å². The average molecular weight is 388 g/mol. The highest BCUT2D eigenvalue weighted by Crippen LogP contribution is 2.26. The van der Waals surface area contributed by atoms with Gasteiger partial charge in [0, 0.05) is 10.0 Å². The molecule has 1 heterocycles. The zero-order valence-electron chi connectivity index (χ0n) is 14.4. The second kappa shape index (κ2) is 6.82. The number of ether oxygens (including phenoxy) is 2. The fourth-order valence-electron chi connectivity index (χ4n) is 1.49. The van der Waals surface area contributed by atoms with E-state index in [1.807, 2.05) is 0 Å². The number of anilines is 1. The summed E-state index contributed by atoms with van der Waals surface area (Å²) in [7, 11) is 0. The van der Waals surface area contributed by atoms with Crippen LogP contribution in [0.3, 0.4) is 0 Å². The van der Waals surface area contributed by atoms with Gasteiger partial charge in [0.15, 0.2) is 5.82 Å². The molecule has 8 heteroatoms. The van der Waals surface area contributed by atoms with E-state index in [9.17, 15) is 9.59 Å². The molecule has 2 amide bonds. The topological polar surface area (TPSA) is 81.6 Å². The van der Waals surface area contributed by atoms with E-state index >= 15 is 0 Å². The summed E-state index contributed by atoms with van der Waals surface area (Å²) in [5.41, 5.74) is -0.980. The molecule has 0 saturated heterocycles. The Hall–Kier alpha value is -1.70. The molecule has 0 spiro atoms. The molecule has 0 aliphatic heterocycles. The minimum absolute atomic E-state index is 0.0582. The Morgan fingerprint density at radius 1 is 1.04 bits per heavy atom. The monoisotopic (exact) mass is 387 g/mol. The molecule has 23 heavy (non-hydrogen) atoms. The van der Waals surface area contributed by atoms with Crippen LogP contribution in [0.2, 0.25) is 0 Å². The molecule has 0 atom stereocenters. The first-order chi connectivity index (χ1) is 10.3. The van der Waals surface area contributed by atoms with E-state index in [1.165, 1.54) is 6.20 Å². The number of rotatable bonds is 1. The first-order valence-corrected chi connectivity index (χ1v) is 7.85. The molecule has 0 unspecified atom stereocenters. The van der Waals surface area contributed by atoms with Gasteiger partial charge in [-0.3, -0.25) is 0 Å². The zero-order valence-corrected chi connectivity index (χ0v) is 16.0. The van der Waals surface area contributed by atoms with Crippen molar-refractivity contribution in [3.05, 3.63) is 16.2 Å². The lowest BCUT2D eigenvalue weighted by molar-refractivity contribution is 0.0428. The number of nitrogens with zero attached hydrogens (tertiary/aromatic N) is 3. The third-order valence-corrected chi connectivity index (χ3v) is 3.18. The van der Waals surface area contributed by atoms with Crippen molar-refractivity contribution in [2.45, 2.75) is 59.7 Å². The van der Waals surface area contributed by atoms with Crippen molar-refractivity contribution in [1.82, 2.24) is 10.2 Å². The molecule has 0 fully saturated rings. The van der Waals surface area contributed by atoms with Gasteiger partial charge in [-0.05, 0) is 64.4 Å². The lowest BCUT2D eigenvalue weighted by atomic mass is 10.2. The molecule has 0 aromatic carbocycles. The summed E-state index contributed by atoms with van der Waals surface area (Å²) < 4.78 is 11.2. The van der Waals surface area contributed by atoms with Crippen LogP contribution in [0.25, 0.3) is 0 Å². The van der Waals surface area contributed by atoms with E-state index in [0.29, 0.717) is 10.0 Å². The van der Waals surface area contributed by atoms with Crippen molar-refractivity contribution >= 4 is 33.9 Å². The molecule has 0 aliphatic carbocycles. The molecular weight excluding hydrogens is 366 g/mol. The third kappa shape index (κ3) is 5.78. The minimum Gasteiger partial charge on any atom is -0.443 e. The second-order valence-corrected chi connectivity index (χ2v) is 7.79. The Kier molecular flexibility index (Phi) is 5.74. The number of amides is 2. The highest BCUT2D eigenvalue weighted by Gasteiger charge is 2.35. The van der Waals surface area contributed by atoms with Crippen LogP contribution >= 0.6 is 15.9 Å². The molecule has 1 rings (SSSR count). The predicted octanol–water partition coefficient (Wildman–Crippen LogP) is 4.22. The standard InChI is InChI=1S/C15H22BrN3O4/c1-9-10(16)8-17-18-11(9)19(12(20)22-14(2,3)4)13(21)23-15(5,6)7/h8H,1-7H3. The fraction of sp³-hybridized carbons (Fsp3) is 0.600. The SMILES string of the molecule is Cc1c(Br)cnnc1N(C(=O)OC(C)(C)C)C(=O)OC(C)(C)C. The van der Waals surface area contributed by atoms with E-state index in [2.05, 4.69) is 26.1 Å². The van der Waals surface area contributed by atoms with Gasteiger partial charge in [-0.25, -0.2) is 9.59 Å². The van der Waals surface area contributed by atoms with Gasteiger partial charge in [0.05, 0.1) is 6.20 Å². The molecule has 0 radical (unpaired) electrons. The van der Waals surface area contributed by atoms with Crippen molar-refractivity contribution in [2.75, 3.05) is 4.90 Å². The predicted molar refractivity (Wildman–Crippen MR) is 89.4 cm³/mol. The van der Waals surface area contributed by atoms with Crippen LogP contribution < -0.4 is 4.90 Å². The molecule has 128 valence electrons. The Labute approximate surface area is 144 Å². The first kappa shape index (κ1) is 19.3. The van der Waals surface area contributed by atoms with Crippen molar-refractivity contribution < 1.29 is 19.1 Å². The van der Waals surface area contributed by atoms with Crippen LogP contribution in [0.4, 0.5) is 15.4 Å². The molecule has 7 nitrogen and oxygen atoms in total. The van der Waals surface area contributed by atoms with Gasteiger partial charge < -0.3 is 9.47 Å². The van der Waals surface area contributed by atoms with E-state index in [1.54, 1.807) is 48.5 Å². The zero-order chi connectivity index (χ0) is 18.0. The maximum Gasteiger partial charge on any atom is 0.425 e. The van der Waals surface area contributed by atoms with Gasteiger partial charge in [-0.2, -0.15) is 10.00 Å². The third-order valence-electron chi connectivity index (χ3n) is 2.38. The van der Waals surface area contributed by atoms with Crippen molar-refractivity contribution in [3.63, 3.8) is 0 Å². The van der Waals surface area contributed by atoms with E-state index in [4.69, 9.17) is 9.47 Å². The van der Waals surface area contributed by atoms with Gasteiger partial charge in [-0.15, -0.1) is 5.10 Å². The maximum atomic E-state index is 12.5. The molecule has 1 aromatic heterocycles. The Morgan fingerprint density at radius 2 is 1.48 bits per heavy atom. The number of carbonyl (C=O) groups is 2. The molecular formula is C15H22BrN3O4. The summed E-state index contributed by atoms with van der Waals surface area (Å²) in [5, 5.41) is 7.66. The summed E-state index contributed by atoms with van der Waals surface area (Å²) in [6.07, 6.45) is -0.272. The molecule has 1 aromatic rings. The Bertz CT molecular complexity index is 578. The van der Waals surface area contributed by atoms with E-state index < -0.39 is 23.4 Å². The fourth-order valence-corrected chi connectivity index (χ4v) is 1.76. The Balaban J connectivity index is 3.29. The van der Waals surface area contributed by atoms with Crippen molar-refractivity contribution in [3.8, 4) is 0 Å². The summed E-state index contributed by atoms with van der Waals surface area (Å²) in [5.74, 6) is 0.0582. The molecule has 0 saturated carbocycles. The average Bonchev–Trinajstić information content (AvgIpc) is 2.30. The van der Waals surface area contributed by atoms with Crippen LogP contribution in [0.5, 0.6) is 0 Å². The summed E-state index contributed by atoms with van der Waals surface area (Å²) >= 11 is 3.30. The van der Waals surface area contributed by atoms with Gasteiger partial charge in [0.2, 0.25) is 0 Å². The quantitative estimate of drug-likeness (QED) is 0.716. The van der Waals surface area contributed by atoms with Gasteiger partial charge in [0.25, 0.3) is 0 Å². The van der Waals surface area contributed by atoms with Crippen LogP contribution in [-0.4, -0.2) is 33.6 Å². The molecule has 0 N–H and O–H groups in total. The first-order valence-electron chi connectivity index (χ1n) is 7.06. The molecule has 0 bridgehead atoms. The summed E-state index contributed by atoms with van der Waals surface area (Å²) in [6, 6.07) is 0. The van der Waals surface area contributed by atoms with Gasteiger partial charge >= 0.3 is 12.2 Å². The summed E-state index contributed by atoms with van der Waals surface area (Å²) in [6.45, 7) is 11.9. The highest BCUT2D eigenvalue weighted by atomic mass is 79.9. The minimum atomic E-state index is -0.873.